The first-order valence-corrected chi connectivity index (χ1v) is 11.0. The zero-order valence-electron chi connectivity index (χ0n) is 18.4. The summed E-state index contributed by atoms with van der Waals surface area (Å²) in [4.78, 5) is 23.6. The number of nitrogen functional groups attached to an aromatic ring is 1. The summed E-state index contributed by atoms with van der Waals surface area (Å²) in [6, 6.07) is 4.94. The van der Waals surface area contributed by atoms with E-state index in [-0.39, 0.29) is 28.7 Å². The molecule has 4 heterocycles. The van der Waals surface area contributed by atoms with Crippen LogP contribution in [-0.4, -0.2) is 37.3 Å². The largest absolute Gasteiger partial charge is 0.488 e. The minimum absolute atomic E-state index is 0.0977. The molecule has 0 saturated carbocycles. The minimum atomic E-state index is -4.51. The number of fused-ring (bicyclic) bond motifs is 6. The highest BCUT2D eigenvalue weighted by molar-refractivity contribution is 5.99. The Balaban J connectivity index is 1.46. The molecule has 11 heteroatoms. The number of nitrogens with zero attached hydrogens (tertiary/aromatic N) is 4. The molecule has 3 atom stereocenters. The van der Waals surface area contributed by atoms with E-state index in [4.69, 9.17) is 10.5 Å². The number of anilines is 1. The number of imidazole rings is 1. The smallest absolute Gasteiger partial charge is 0.416 e. The molecule has 7 nitrogen and oxygen atoms in total. The first-order chi connectivity index (χ1) is 16.6. The highest BCUT2D eigenvalue weighted by Crippen LogP contribution is 2.48. The van der Waals surface area contributed by atoms with Crippen molar-refractivity contribution in [2.75, 3.05) is 5.73 Å². The van der Waals surface area contributed by atoms with Crippen LogP contribution in [0.25, 0.3) is 16.6 Å². The average Bonchev–Trinajstić information content (AvgIpc) is 3.43. The van der Waals surface area contributed by atoms with Crippen molar-refractivity contribution in [1.82, 2.24) is 19.3 Å². The Hall–Kier alpha value is -3.89. The number of nitrogens with two attached hydrogens (primary N) is 1. The number of ether oxygens (including phenoxy) is 1. The summed E-state index contributed by atoms with van der Waals surface area (Å²) in [5.41, 5.74) is 6.66. The van der Waals surface area contributed by atoms with E-state index in [2.05, 4.69) is 9.97 Å². The highest BCUT2D eigenvalue weighted by Gasteiger charge is 2.47. The summed E-state index contributed by atoms with van der Waals surface area (Å²) < 4.78 is 62.4. The van der Waals surface area contributed by atoms with Crippen molar-refractivity contribution in [3.8, 4) is 5.75 Å². The van der Waals surface area contributed by atoms with Crippen LogP contribution in [0.15, 0.2) is 42.9 Å². The van der Waals surface area contributed by atoms with Gasteiger partial charge in [-0.15, -0.1) is 0 Å². The van der Waals surface area contributed by atoms with Crippen molar-refractivity contribution < 1.29 is 27.1 Å². The van der Waals surface area contributed by atoms with Crippen molar-refractivity contribution in [3.05, 3.63) is 65.4 Å². The van der Waals surface area contributed by atoms with E-state index in [9.17, 15) is 18.0 Å². The SMILES string of the molecule is C[C@@H]1CCC2Oc3cc(C(F)(F)F)ccc3[C@@H]2N1C(=O)c1cc2c(cc1F)nc(N)c1cncn12. The summed E-state index contributed by atoms with van der Waals surface area (Å²) in [7, 11) is 0. The van der Waals surface area contributed by atoms with Gasteiger partial charge in [0, 0.05) is 17.7 Å². The molecule has 2 aliphatic heterocycles. The average molecular weight is 485 g/mol. The predicted octanol–water partition coefficient (Wildman–Crippen LogP) is 4.75. The summed E-state index contributed by atoms with van der Waals surface area (Å²) in [6.45, 7) is 1.84. The molecule has 1 amide bonds. The Morgan fingerprint density at radius 1 is 1.17 bits per heavy atom. The fourth-order valence-corrected chi connectivity index (χ4v) is 5.18. The highest BCUT2D eigenvalue weighted by atomic mass is 19.4. The molecule has 0 aliphatic carbocycles. The van der Waals surface area contributed by atoms with Gasteiger partial charge < -0.3 is 15.4 Å². The zero-order chi connectivity index (χ0) is 24.6. The van der Waals surface area contributed by atoms with E-state index >= 15 is 4.39 Å². The van der Waals surface area contributed by atoms with Crippen LogP contribution < -0.4 is 10.5 Å². The van der Waals surface area contributed by atoms with Gasteiger partial charge in [0.2, 0.25) is 0 Å². The van der Waals surface area contributed by atoms with Crippen molar-refractivity contribution >= 4 is 28.3 Å². The quantitative estimate of drug-likeness (QED) is 0.394. The predicted molar refractivity (Wildman–Crippen MR) is 118 cm³/mol. The summed E-state index contributed by atoms with van der Waals surface area (Å²) in [5, 5.41) is 0. The number of amides is 1. The molecule has 0 radical (unpaired) electrons. The fraction of sp³-hybridized carbons (Fsp3) is 0.292. The maximum absolute atomic E-state index is 15.2. The van der Waals surface area contributed by atoms with E-state index < -0.39 is 35.6 Å². The lowest BCUT2D eigenvalue weighted by atomic mass is 9.89. The third-order valence-electron chi connectivity index (χ3n) is 6.86. The summed E-state index contributed by atoms with van der Waals surface area (Å²) in [5.74, 6) is -1.07. The van der Waals surface area contributed by atoms with Crippen LogP contribution in [0, 0.1) is 5.82 Å². The third kappa shape index (κ3) is 3.21. The number of alkyl halides is 3. The van der Waals surface area contributed by atoms with Crippen LogP contribution in [0.2, 0.25) is 0 Å². The number of halogens is 4. The second-order valence-corrected chi connectivity index (χ2v) is 8.96. The van der Waals surface area contributed by atoms with Crippen LogP contribution >= 0.6 is 0 Å². The standard InChI is InChI=1S/C24H19F4N5O2/c1-11-2-5-19-21(13-4-3-12(24(26,27)28)6-20(13)35-19)33(11)23(34)14-7-17-16(8-15(14)25)31-22(29)18-9-30-10-32(17)18/h3-4,6-11,19,21H,2,5H2,1H3,(H2,29,31)/t11-,19?,21+/m1/s1. The van der Waals surface area contributed by atoms with Gasteiger partial charge in [0.1, 0.15) is 29.0 Å². The van der Waals surface area contributed by atoms with Crippen molar-refractivity contribution in [1.29, 1.82) is 0 Å². The van der Waals surface area contributed by atoms with Gasteiger partial charge in [-0.05, 0) is 38.0 Å². The van der Waals surface area contributed by atoms with Gasteiger partial charge >= 0.3 is 6.18 Å². The topological polar surface area (TPSA) is 85.8 Å². The zero-order valence-corrected chi connectivity index (χ0v) is 18.4. The van der Waals surface area contributed by atoms with Gasteiger partial charge in [-0.25, -0.2) is 14.4 Å². The molecule has 2 aliphatic rings. The van der Waals surface area contributed by atoms with E-state index in [0.717, 1.165) is 18.2 Å². The van der Waals surface area contributed by atoms with E-state index in [0.29, 0.717) is 29.4 Å². The number of carbonyl (C=O) groups excluding carboxylic acids is 1. The lowest BCUT2D eigenvalue weighted by Crippen LogP contribution is -2.49. The molecule has 180 valence electrons. The molecule has 35 heavy (non-hydrogen) atoms. The molecular weight excluding hydrogens is 466 g/mol. The molecule has 2 aromatic heterocycles. The van der Waals surface area contributed by atoms with E-state index in [1.807, 2.05) is 6.92 Å². The van der Waals surface area contributed by atoms with Crippen LogP contribution in [0.5, 0.6) is 5.75 Å². The molecule has 1 unspecified atom stereocenters. The van der Waals surface area contributed by atoms with E-state index in [1.165, 1.54) is 29.6 Å². The second kappa shape index (κ2) is 7.30. The number of benzene rings is 2. The van der Waals surface area contributed by atoms with Gasteiger partial charge in [0.05, 0.1) is 40.7 Å². The van der Waals surface area contributed by atoms with Gasteiger partial charge in [-0.3, -0.25) is 9.20 Å². The van der Waals surface area contributed by atoms with Crippen LogP contribution in [0.4, 0.5) is 23.4 Å². The van der Waals surface area contributed by atoms with Gasteiger partial charge in [0.15, 0.2) is 0 Å². The second-order valence-electron chi connectivity index (χ2n) is 8.96. The number of hydrogen-bond acceptors (Lipinski definition) is 5. The normalized spacial score (nSPS) is 21.7. The molecule has 2 N–H and O–H groups in total. The molecule has 0 spiro atoms. The van der Waals surface area contributed by atoms with E-state index in [1.54, 1.807) is 4.40 Å². The number of piperidine rings is 1. The van der Waals surface area contributed by atoms with Gasteiger partial charge in [0.25, 0.3) is 5.91 Å². The van der Waals surface area contributed by atoms with Gasteiger partial charge in [-0.2, -0.15) is 13.2 Å². The van der Waals surface area contributed by atoms with Gasteiger partial charge in [-0.1, -0.05) is 6.07 Å². The maximum atomic E-state index is 15.2. The molecule has 2 aromatic carbocycles. The summed E-state index contributed by atoms with van der Waals surface area (Å²) in [6.07, 6.45) is -0.887. The lowest BCUT2D eigenvalue weighted by molar-refractivity contribution is -0.137. The summed E-state index contributed by atoms with van der Waals surface area (Å²) >= 11 is 0. The first kappa shape index (κ1) is 21.6. The van der Waals surface area contributed by atoms with Crippen molar-refractivity contribution in [3.63, 3.8) is 0 Å². The minimum Gasteiger partial charge on any atom is -0.488 e. The number of hydrogen-bond donors (Lipinski definition) is 1. The number of carbonyl (C=O) groups is 1. The number of likely N-dealkylation sites (tertiary alicyclic amines) is 1. The first-order valence-electron chi connectivity index (χ1n) is 11.0. The molecule has 1 saturated heterocycles. The Morgan fingerprint density at radius 2 is 1.97 bits per heavy atom. The molecule has 4 aromatic rings. The van der Waals surface area contributed by atoms with Crippen LogP contribution in [-0.2, 0) is 6.18 Å². The molecule has 0 bridgehead atoms. The monoisotopic (exact) mass is 485 g/mol. The fourth-order valence-electron chi connectivity index (χ4n) is 5.18. The number of aromatic nitrogens is 3. The molecule has 6 rings (SSSR count). The lowest BCUT2D eigenvalue weighted by Gasteiger charge is -2.41. The maximum Gasteiger partial charge on any atom is 0.416 e. The molecule has 1 fully saturated rings. The Labute approximate surface area is 196 Å². The van der Waals surface area contributed by atoms with Crippen molar-refractivity contribution in [2.24, 2.45) is 0 Å². The Morgan fingerprint density at radius 3 is 2.74 bits per heavy atom. The number of rotatable bonds is 1. The van der Waals surface area contributed by atoms with Crippen LogP contribution in [0.3, 0.4) is 0 Å². The van der Waals surface area contributed by atoms with Crippen LogP contribution in [0.1, 0.15) is 47.3 Å². The Kier molecular flexibility index (Phi) is 4.51. The van der Waals surface area contributed by atoms with Crippen molar-refractivity contribution in [2.45, 2.75) is 44.1 Å². The Bertz CT molecular complexity index is 1520. The molecular formula is C24H19F4N5O2. The third-order valence-corrected chi connectivity index (χ3v) is 6.86.